The van der Waals surface area contributed by atoms with Crippen LogP contribution >= 0.6 is 0 Å². The minimum atomic E-state index is -0.818. The molecule has 1 aliphatic heterocycles. The van der Waals surface area contributed by atoms with E-state index in [1.54, 1.807) is 4.90 Å². The highest BCUT2D eigenvalue weighted by atomic mass is 16.7. The Morgan fingerprint density at radius 3 is 2.67 bits per heavy atom. The summed E-state index contributed by atoms with van der Waals surface area (Å²) in [6.45, 7) is 3.98. The van der Waals surface area contributed by atoms with Crippen molar-refractivity contribution in [2.24, 2.45) is 0 Å². The molecule has 0 saturated carbocycles. The fourth-order valence-corrected chi connectivity index (χ4v) is 4.84. The highest BCUT2D eigenvalue weighted by molar-refractivity contribution is 5.92. The van der Waals surface area contributed by atoms with Gasteiger partial charge < -0.3 is 29.4 Å². The average Bonchev–Trinajstić information content (AvgIpc) is 3.60. The van der Waals surface area contributed by atoms with Crippen LogP contribution in [0.1, 0.15) is 36.1 Å². The number of hydrogen-bond donors (Lipinski definition) is 2. The van der Waals surface area contributed by atoms with Crippen molar-refractivity contribution < 1.29 is 23.8 Å². The molecule has 4 aromatic rings. The number of fused-ring (bicyclic) bond motifs is 2. The van der Waals surface area contributed by atoms with Crippen LogP contribution in [0, 0.1) is 0 Å². The third-order valence-electron chi connectivity index (χ3n) is 6.77. The Balaban J connectivity index is 1.46. The van der Waals surface area contributed by atoms with Crippen LogP contribution in [0.25, 0.3) is 10.9 Å². The number of aromatic amines is 1. The standard InChI is InChI=1S/C31H33N3O5/c1-2-37-16-8-15-32-31(36)30(23-9-4-3-5-10-23)34(20-22-13-14-27-28(17-22)39-21-38-27)29(35)18-24-19-33-26-12-7-6-11-25(24)26/h3-7,9-14,17,19,30,33H,2,8,15-16,18,20-21H2,1H3,(H,32,36). The molecule has 202 valence electrons. The third kappa shape index (κ3) is 6.23. The highest BCUT2D eigenvalue weighted by Crippen LogP contribution is 2.34. The number of nitrogens with one attached hydrogen (secondary N) is 2. The number of aromatic nitrogens is 1. The molecule has 2 heterocycles. The van der Waals surface area contributed by atoms with Gasteiger partial charge in [-0.2, -0.15) is 0 Å². The largest absolute Gasteiger partial charge is 0.454 e. The second-order valence-corrected chi connectivity index (χ2v) is 9.40. The van der Waals surface area contributed by atoms with Crippen LogP contribution < -0.4 is 14.8 Å². The van der Waals surface area contributed by atoms with Crippen molar-refractivity contribution in [3.63, 3.8) is 0 Å². The molecule has 1 aliphatic rings. The van der Waals surface area contributed by atoms with Crippen molar-refractivity contribution in [1.29, 1.82) is 0 Å². The van der Waals surface area contributed by atoms with Crippen molar-refractivity contribution in [2.45, 2.75) is 32.4 Å². The van der Waals surface area contributed by atoms with Crippen LogP contribution in [0.5, 0.6) is 11.5 Å². The first kappa shape index (κ1) is 26.3. The minimum Gasteiger partial charge on any atom is -0.454 e. The molecule has 1 aromatic heterocycles. The van der Waals surface area contributed by atoms with E-state index in [1.165, 1.54) is 0 Å². The average molecular weight is 528 g/mol. The summed E-state index contributed by atoms with van der Waals surface area (Å²) in [5.41, 5.74) is 3.44. The lowest BCUT2D eigenvalue weighted by molar-refractivity contribution is -0.141. The molecule has 0 saturated heterocycles. The van der Waals surface area contributed by atoms with Gasteiger partial charge >= 0.3 is 0 Å². The lowest BCUT2D eigenvalue weighted by atomic mass is 10.0. The summed E-state index contributed by atoms with van der Waals surface area (Å²) in [4.78, 5) is 32.7. The smallest absolute Gasteiger partial charge is 0.247 e. The minimum absolute atomic E-state index is 0.148. The van der Waals surface area contributed by atoms with Crippen molar-refractivity contribution in [2.75, 3.05) is 26.6 Å². The Labute approximate surface area is 227 Å². The summed E-state index contributed by atoms with van der Waals surface area (Å²) in [7, 11) is 0. The molecule has 8 heteroatoms. The molecule has 0 radical (unpaired) electrons. The van der Waals surface area contributed by atoms with Crippen LogP contribution in [-0.2, 0) is 27.3 Å². The maximum atomic E-state index is 14.1. The zero-order chi connectivity index (χ0) is 27.0. The first-order valence-electron chi connectivity index (χ1n) is 13.3. The van der Waals surface area contributed by atoms with Gasteiger partial charge in [-0.1, -0.05) is 54.6 Å². The number of para-hydroxylation sites is 1. The van der Waals surface area contributed by atoms with Gasteiger partial charge in [-0.15, -0.1) is 0 Å². The summed E-state index contributed by atoms with van der Waals surface area (Å²) in [5.74, 6) is 0.914. The maximum Gasteiger partial charge on any atom is 0.247 e. The van der Waals surface area contributed by atoms with Gasteiger partial charge in [0.05, 0.1) is 6.42 Å². The zero-order valence-corrected chi connectivity index (χ0v) is 22.0. The molecule has 0 fully saturated rings. The Hall–Kier alpha value is -4.30. The molecule has 1 atom stereocenters. The Morgan fingerprint density at radius 2 is 1.82 bits per heavy atom. The molecule has 0 aliphatic carbocycles. The van der Waals surface area contributed by atoms with Crippen molar-refractivity contribution in [3.8, 4) is 11.5 Å². The number of carbonyl (C=O) groups is 2. The number of hydrogen-bond acceptors (Lipinski definition) is 5. The molecule has 2 N–H and O–H groups in total. The SMILES string of the molecule is CCOCCCNC(=O)C(c1ccccc1)N(Cc1ccc2c(c1)OCO2)C(=O)Cc1c[nH]c2ccccc12. The summed E-state index contributed by atoms with van der Waals surface area (Å²) in [6.07, 6.45) is 2.70. The summed E-state index contributed by atoms with van der Waals surface area (Å²) >= 11 is 0. The van der Waals surface area contributed by atoms with Gasteiger partial charge in [0.25, 0.3) is 0 Å². The lowest BCUT2D eigenvalue weighted by Gasteiger charge is -2.32. The van der Waals surface area contributed by atoms with E-state index in [1.807, 2.05) is 85.9 Å². The predicted molar refractivity (Wildman–Crippen MR) is 148 cm³/mol. The predicted octanol–water partition coefficient (Wildman–Crippen LogP) is 4.75. The quantitative estimate of drug-likeness (QED) is 0.259. The number of benzene rings is 3. The number of amides is 2. The van der Waals surface area contributed by atoms with Gasteiger partial charge in [0, 0.05) is 43.4 Å². The molecule has 0 spiro atoms. The van der Waals surface area contributed by atoms with Crippen LogP contribution in [0.4, 0.5) is 0 Å². The van der Waals surface area contributed by atoms with E-state index < -0.39 is 6.04 Å². The lowest BCUT2D eigenvalue weighted by Crippen LogP contribution is -2.44. The molecule has 0 bridgehead atoms. The van der Waals surface area contributed by atoms with E-state index in [4.69, 9.17) is 14.2 Å². The van der Waals surface area contributed by atoms with E-state index in [2.05, 4.69) is 10.3 Å². The number of rotatable bonds is 12. The van der Waals surface area contributed by atoms with E-state index in [0.29, 0.717) is 37.7 Å². The van der Waals surface area contributed by atoms with Crippen molar-refractivity contribution in [3.05, 3.63) is 95.7 Å². The van der Waals surface area contributed by atoms with Gasteiger partial charge in [0.15, 0.2) is 11.5 Å². The Bertz CT molecular complexity index is 1420. The van der Waals surface area contributed by atoms with E-state index in [-0.39, 0.29) is 31.6 Å². The number of H-pyrrole nitrogens is 1. The Morgan fingerprint density at radius 1 is 1.03 bits per heavy atom. The second-order valence-electron chi connectivity index (χ2n) is 9.40. The fourth-order valence-electron chi connectivity index (χ4n) is 4.84. The zero-order valence-electron chi connectivity index (χ0n) is 22.0. The monoisotopic (exact) mass is 527 g/mol. The van der Waals surface area contributed by atoms with Crippen LogP contribution in [-0.4, -0.2) is 48.2 Å². The molecular formula is C31H33N3O5. The summed E-state index contributed by atoms with van der Waals surface area (Å²) < 4.78 is 16.4. The molecule has 1 unspecified atom stereocenters. The highest BCUT2D eigenvalue weighted by Gasteiger charge is 2.32. The van der Waals surface area contributed by atoms with Gasteiger partial charge in [-0.05, 0) is 48.2 Å². The van der Waals surface area contributed by atoms with Gasteiger partial charge in [-0.3, -0.25) is 9.59 Å². The van der Waals surface area contributed by atoms with Crippen molar-refractivity contribution in [1.82, 2.24) is 15.2 Å². The second kappa shape index (κ2) is 12.5. The molecule has 39 heavy (non-hydrogen) atoms. The summed E-state index contributed by atoms with van der Waals surface area (Å²) in [6, 6.07) is 22.1. The molecule has 2 amide bonds. The van der Waals surface area contributed by atoms with Crippen LogP contribution in [0.15, 0.2) is 79.0 Å². The number of ether oxygens (including phenoxy) is 3. The topological polar surface area (TPSA) is 92.9 Å². The van der Waals surface area contributed by atoms with Crippen LogP contribution in [0.2, 0.25) is 0 Å². The van der Waals surface area contributed by atoms with E-state index in [9.17, 15) is 9.59 Å². The molecule has 5 rings (SSSR count). The van der Waals surface area contributed by atoms with E-state index >= 15 is 0 Å². The van der Waals surface area contributed by atoms with E-state index in [0.717, 1.165) is 27.6 Å². The molecular weight excluding hydrogens is 494 g/mol. The molecule has 3 aromatic carbocycles. The number of carbonyl (C=O) groups excluding carboxylic acids is 2. The summed E-state index contributed by atoms with van der Waals surface area (Å²) in [5, 5.41) is 4.02. The van der Waals surface area contributed by atoms with Crippen molar-refractivity contribution >= 4 is 22.7 Å². The number of nitrogens with zero attached hydrogens (tertiary/aromatic N) is 1. The van der Waals surface area contributed by atoms with Gasteiger partial charge in [-0.25, -0.2) is 0 Å². The first-order valence-corrected chi connectivity index (χ1v) is 13.3. The Kier molecular flexibility index (Phi) is 8.43. The van der Waals surface area contributed by atoms with Crippen LogP contribution in [0.3, 0.4) is 0 Å². The first-order chi connectivity index (χ1) is 19.1. The van der Waals surface area contributed by atoms with Gasteiger partial charge in [0.1, 0.15) is 6.04 Å². The maximum absolute atomic E-state index is 14.1. The molecule has 8 nitrogen and oxygen atoms in total. The fraction of sp³-hybridized carbons (Fsp3) is 0.290. The van der Waals surface area contributed by atoms with Gasteiger partial charge in [0.2, 0.25) is 18.6 Å². The third-order valence-corrected chi connectivity index (χ3v) is 6.77. The normalized spacial score (nSPS) is 12.8.